The third-order valence-corrected chi connectivity index (χ3v) is 1.57. The molecule has 0 aromatic carbocycles. The van der Waals surface area contributed by atoms with Crippen LogP contribution in [0.15, 0.2) is 35.6 Å². The maximum absolute atomic E-state index is 11.0. The van der Waals surface area contributed by atoms with Crippen molar-refractivity contribution in [3.8, 4) is 0 Å². The zero-order valence-corrected chi connectivity index (χ0v) is 5.29. The number of hydrogen-bond acceptors (Lipinski definition) is 1. The van der Waals surface area contributed by atoms with Crippen LogP contribution in [0.1, 0.15) is 0 Å². The number of rotatable bonds is 0. The molecule has 0 saturated carbocycles. The van der Waals surface area contributed by atoms with E-state index in [1.165, 1.54) is 0 Å². The van der Waals surface area contributed by atoms with Gasteiger partial charge in [0.25, 0.3) is 0 Å². The number of nitrogens with one attached hydrogen (secondary N) is 1. The lowest BCUT2D eigenvalue weighted by Crippen LogP contribution is -2.58. The third kappa shape index (κ3) is 0.589. The first-order chi connectivity index (χ1) is 4.88. The molecule has 0 unspecified atom stereocenters. The maximum Gasteiger partial charge on any atom is 0.192 e. The highest BCUT2D eigenvalue weighted by Gasteiger charge is 2.20. The highest BCUT2D eigenvalue weighted by atomic mass is 16.1. The molecule has 0 fully saturated rings. The van der Waals surface area contributed by atoms with Crippen LogP contribution in [0.5, 0.6) is 0 Å². The second kappa shape index (κ2) is 1.77. The molecule has 0 aromatic heterocycles. The van der Waals surface area contributed by atoms with Crippen LogP contribution in [-0.2, 0) is 4.79 Å². The van der Waals surface area contributed by atoms with Crippen molar-refractivity contribution in [3.05, 3.63) is 35.6 Å². The van der Waals surface area contributed by atoms with E-state index in [9.17, 15) is 4.79 Å². The summed E-state index contributed by atoms with van der Waals surface area (Å²) in [6.07, 6.45) is 8.77. The minimum atomic E-state index is 0.0822. The largest absolute Gasteiger partial charge is 0.289 e. The summed E-state index contributed by atoms with van der Waals surface area (Å²) in [6.45, 7) is 0. The Hall–Kier alpha value is -1.44. The lowest BCUT2D eigenvalue weighted by molar-refractivity contribution is -0.362. The van der Waals surface area contributed by atoms with Gasteiger partial charge < -0.3 is 0 Å². The fourth-order valence-corrected chi connectivity index (χ4v) is 1.06. The summed E-state index contributed by atoms with van der Waals surface area (Å²) in [7, 11) is 0. The van der Waals surface area contributed by atoms with Crippen LogP contribution >= 0.6 is 0 Å². The fourth-order valence-electron chi connectivity index (χ4n) is 1.06. The van der Waals surface area contributed by atoms with E-state index in [1.54, 1.807) is 18.4 Å². The van der Waals surface area contributed by atoms with E-state index in [0.717, 1.165) is 11.1 Å². The van der Waals surface area contributed by atoms with Gasteiger partial charge in [-0.25, -0.2) is 4.99 Å². The van der Waals surface area contributed by atoms with E-state index in [2.05, 4.69) is 4.99 Å². The first-order valence-electron chi connectivity index (χ1n) is 3.10. The number of allylic oxidation sites excluding steroid dienone is 5. The molecule has 2 aliphatic rings. The van der Waals surface area contributed by atoms with Crippen LogP contribution in [0, 0.1) is 0 Å². The van der Waals surface area contributed by atoms with Gasteiger partial charge in [0.2, 0.25) is 0 Å². The Kier molecular flexibility index (Phi) is 0.947. The number of carbonyl (C=O) groups excluding carboxylic acids is 1. The van der Waals surface area contributed by atoms with Gasteiger partial charge in [0.1, 0.15) is 0 Å². The van der Waals surface area contributed by atoms with Crippen molar-refractivity contribution in [3.63, 3.8) is 0 Å². The second-order valence-electron chi connectivity index (χ2n) is 2.21. The summed E-state index contributed by atoms with van der Waals surface area (Å²) >= 11 is 0. The summed E-state index contributed by atoms with van der Waals surface area (Å²) in [6, 6.07) is 0. The number of fused-ring (bicyclic) bond motifs is 1. The van der Waals surface area contributed by atoms with Crippen LogP contribution in [0.3, 0.4) is 0 Å². The van der Waals surface area contributed by atoms with E-state index in [0.29, 0.717) is 0 Å². The van der Waals surface area contributed by atoms with Crippen LogP contribution in [0.4, 0.5) is 0 Å². The molecule has 1 aliphatic carbocycles. The van der Waals surface area contributed by atoms with Crippen LogP contribution in [-0.4, -0.2) is 12.0 Å². The molecule has 2 heteroatoms. The highest BCUT2D eigenvalue weighted by Crippen LogP contribution is 2.13. The van der Waals surface area contributed by atoms with Gasteiger partial charge in [0.15, 0.2) is 18.2 Å². The SMILES string of the molecule is O=C1C=CC=C2C=[NH+]C=C12. The van der Waals surface area contributed by atoms with E-state index in [4.69, 9.17) is 0 Å². The smallest absolute Gasteiger partial charge is 0.192 e. The monoisotopic (exact) mass is 132 g/mol. The van der Waals surface area contributed by atoms with Gasteiger partial charge in [-0.3, -0.25) is 4.79 Å². The molecule has 2 nitrogen and oxygen atoms in total. The van der Waals surface area contributed by atoms with Gasteiger partial charge in [0.05, 0.1) is 11.1 Å². The molecule has 0 atom stereocenters. The summed E-state index contributed by atoms with van der Waals surface area (Å²) in [4.78, 5) is 13.9. The Labute approximate surface area is 58.3 Å². The van der Waals surface area contributed by atoms with Gasteiger partial charge in [-0.1, -0.05) is 6.08 Å². The molecule has 1 N–H and O–H groups in total. The molecule has 0 radical (unpaired) electrons. The third-order valence-electron chi connectivity index (χ3n) is 1.57. The predicted octanol–water partition coefficient (Wildman–Crippen LogP) is -0.899. The van der Waals surface area contributed by atoms with Gasteiger partial charge in [-0.2, -0.15) is 0 Å². The summed E-state index contributed by atoms with van der Waals surface area (Å²) in [5.41, 5.74) is 1.75. The molecule has 0 aromatic rings. The molecule has 2 rings (SSSR count). The fraction of sp³-hybridized carbons (Fsp3) is 0. The van der Waals surface area contributed by atoms with E-state index < -0.39 is 0 Å². The van der Waals surface area contributed by atoms with Crippen molar-refractivity contribution in [2.45, 2.75) is 0 Å². The quantitative estimate of drug-likeness (QED) is 0.455. The topological polar surface area (TPSA) is 31.0 Å². The predicted molar refractivity (Wildman–Crippen MR) is 37.3 cm³/mol. The van der Waals surface area contributed by atoms with Crippen molar-refractivity contribution < 1.29 is 9.79 Å². The number of ketones is 1. The van der Waals surface area contributed by atoms with Crippen LogP contribution in [0.2, 0.25) is 0 Å². The maximum atomic E-state index is 11.0. The molecule has 1 heterocycles. The van der Waals surface area contributed by atoms with Crippen LogP contribution < -0.4 is 4.99 Å². The Morgan fingerprint density at radius 1 is 1.40 bits per heavy atom. The standard InChI is InChI=1S/C8H5NO/c10-8-3-1-2-6-4-9-5-7(6)8/h1-5H/p+1. The van der Waals surface area contributed by atoms with E-state index in [1.807, 2.05) is 12.3 Å². The summed E-state index contributed by atoms with van der Waals surface area (Å²) < 4.78 is 0. The van der Waals surface area contributed by atoms with Gasteiger partial charge in [-0.05, 0) is 12.2 Å². The van der Waals surface area contributed by atoms with Crippen LogP contribution in [0.25, 0.3) is 0 Å². The lowest BCUT2D eigenvalue weighted by Gasteiger charge is -1.97. The Balaban J connectivity index is 2.54. The molecule has 48 valence electrons. The van der Waals surface area contributed by atoms with E-state index >= 15 is 0 Å². The van der Waals surface area contributed by atoms with Gasteiger partial charge in [-0.15, -0.1) is 0 Å². The van der Waals surface area contributed by atoms with E-state index in [-0.39, 0.29) is 5.78 Å². The first-order valence-corrected chi connectivity index (χ1v) is 3.10. The average Bonchev–Trinajstić information content (AvgIpc) is 2.36. The average molecular weight is 132 g/mol. The van der Waals surface area contributed by atoms with Crippen molar-refractivity contribution in [1.29, 1.82) is 0 Å². The van der Waals surface area contributed by atoms with Crippen molar-refractivity contribution >= 4 is 12.0 Å². The van der Waals surface area contributed by atoms with Crippen molar-refractivity contribution in [1.82, 2.24) is 0 Å². The number of hydrogen-bond donors (Lipinski definition) is 1. The molecule has 1 aliphatic heterocycles. The molecule has 0 amide bonds. The zero-order valence-electron chi connectivity index (χ0n) is 5.29. The lowest BCUT2D eigenvalue weighted by atomic mass is 10.0. The van der Waals surface area contributed by atoms with Gasteiger partial charge >= 0.3 is 0 Å². The molecule has 0 spiro atoms. The summed E-state index contributed by atoms with van der Waals surface area (Å²) in [5.74, 6) is 0.0822. The molecular weight excluding hydrogens is 126 g/mol. The molecule has 0 bridgehead atoms. The normalized spacial score (nSPS) is 20.6. The minimum Gasteiger partial charge on any atom is -0.289 e. The second-order valence-corrected chi connectivity index (χ2v) is 2.21. The number of carbonyl (C=O) groups is 1. The minimum absolute atomic E-state index is 0.0822. The molecule has 10 heavy (non-hydrogen) atoms. The van der Waals surface area contributed by atoms with Crippen molar-refractivity contribution in [2.24, 2.45) is 0 Å². The Morgan fingerprint density at radius 2 is 2.30 bits per heavy atom. The van der Waals surface area contributed by atoms with Gasteiger partial charge in [0, 0.05) is 0 Å². The highest BCUT2D eigenvalue weighted by molar-refractivity contribution is 6.14. The summed E-state index contributed by atoms with van der Waals surface area (Å²) in [5, 5.41) is 0. The Bertz CT molecular complexity index is 299. The Morgan fingerprint density at radius 3 is 3.10 bits per heavy atom. The van der Waals surface area contributed by atoms with Crippen molar-refractivity contribution in [2.75, 3.05) is 0 Å². The zero-order chi connectivity index (χ0) is 6.97. The first kappa shape index (κ1) is 5.35. The molecule has 0 saturated heterocycles. The molecular formula is C8H6NO+.